The van der Waals surface area contributed by atoms with Gasteiger partial charge in [-0.1, -0.05) is 6.58 Å². The first-order chi connectivity index (χ1) is 10.2. The average Bonchev–Trinajstić information content (AvgIpc) is 2.83. The summed E-state index contributed by atoms with van der Waals surface area (Å²) in [7, 11) is -4.09. The van der Waals surface area contributed by atoms with Crippen LogP contribution in [0, 0.1) is 0 Å². The average molecular weight is 329 g/mol. The van der Waals surface area contributed by atoms with Gasteiger partial charge in [-0.3, -0.25) is 9.52 Å². The van der Waals surface area contributed by atoms with E-state index in [1.54, 1.807) is 0 Å². The van der Waals surface area contributed by atoms with E-state index in [1.807, 2.05) is 0 Å². The SMILES string of the molecule is C=C(CC(O)O)S(=O)(=O)Nc1cc2c(cc1C(C)=O)OCO2. The summed E-state index contributed by atoms with van der Waals surface area (Å²) in [6.45, 7) is 4.56. The first kappa shape index (κ1) is 16.3. The Labute approximate surface area is 127 Å². The summed E-state index contributed by atoms with van der Waals surface area (Å²) in [5.41, 5.74) is 0.107. The molecule has 0 atom stereocenters. The van der Waals surface area contributed by atoms with Crippen molar-refractivity contribution in [2.45, 2.75) is 19.6 Å². The van der Waals surface area contributed by atoms with Gasteiger partial charge in [-0.25, -0.2) is 8.42 Å². The highest BCUT2D eigenvalue weighted by molar-refractivity contribution is 7.96. The zero-order valence-corrected chi connectivity index (χ0v) is 12.5. The number of rotatable bonds is 6. The van der Waals surface area contributed by atoms with Crippen molar-refractivity contribution in [2.24, 2.45) is 0 Å². The van der Waals surface area contributed by atoms with Gasteiger partial charge in [0.05, 0.1) is 10.6 Å². The molecule has 0 radical (unpaired) electrons. The van der Waals surface area contributed by atoms with Crippen molar-refractivity contribution in [3.05, 3.63) is 29.2 Å². The molecule has 120 valence electrons. The van der Waals surface area contributed by atoms with Crippen molar-refractivity contribution in [2.75, 3.05) is 11.5 Å². The molecule has 1 aromatic rings. The van der Waals surface area contributed by atoms with Gasteiger partial charge in [0.15, 0.2) is 23.6 Å². The fourth-order valence-corrected chi connectivity index (χ4v) is 2.82. The van der Waals surface area contributed by atoms with Crippen molar-refractivity contribution in [1.29, 1.82) is 0 Å². The number of hydrogen-bond donors (Lipinski definition) is 3. The van der Waals surface area contributed by atoms with Gasteiger partial charge < -0.3 is 19.7 Å². The van der Waals surface area contributed by atoms with Crippen molar-refractivity contribution in [1.82, 2.24) is 0 Å². The van der Waals surface area contributed by atoms with E-state index in [-0.39, 0.29) is 23.8 Å². The molecule has 0 spiro atoms. The van der Waals surface area contributed by atoms with Gasteiger partial charge in [0.25, 0.3) is 10.0 Å². The van der Waals surface area contributed by atoms with Crippen molar-refractivity contribution in [3.8, 4) is 11.5 Å². The first-order valence-corrected chi connectivity index (χ1v) is 7.70. The number of benzene rings is 1. The highest BCUT2D eigenvalue weighted by atomic mass is 32.2. The first-order valence-electron chi connectivity index (χ1n) is 6.22. The van der Waals surface area contributed by atoms with E-state index in [1.165, 1.54) is 19.1 Å². The molecular weight excluding hydrogens is 314 g/mol. The lowest BCUT2D eigenvalue weighted by Gasteiger charge is -2.14. The van der Waals surface area contributed by atoms with Crippen LogP contribution in [0.4, 0.5) is 5.69 Å². The monoisotopic (exact) mass is 329 g/mol. The maximum Gasteiger partial charge on any atom is 0.257 e. The summed E-state index contributed by atoms with van der Waals surface area (Å²) >= 11 is 0. The summed E-state index contributed by atoms with van der Waals surface area (Å²) < 4.78 is 36.7. The molecular formula is C13H15NO7S. The molecule has 1 aliphatic heterocycles. The molecule has 0 aromatic heterocycles. The lowest BCUT2D eigenvalue weighted by atomic mass is 10.1. The molecule has 3 N–H and O–H groups in total. The minimum atomic E-state index is -4.09. The molecule has 0 saturated heterocycles. The van der Waals surface area contributed by atoms with E-state index in [4.69, 9.17) is 19.7 Å². The van der Waals surface area contributed by atoms with E-state index in [0.717, 1.165) is 0 Å². The lowest BCUT2D eigenvalue weighted by molar-refractivity contribution is -0.0368. The van der Waals surface area contributed by atoms with Crippen molar-refractivity contribution in [3.63, 3.8) is 0 Å². The number of hydrogen-bond acceptors (Lipinski definition) is 7. The fraction of sp³-hybridized carbons (Fsp3) is 0.308. The minimum Gasteiger partial charge on any atom is -0.454 e. The van der Waals surface area contributed by atoms with Gasteiger partial charge in [-0.05, 0) is 13.0 Å². The number of sulfonamides is 1. The van der Waals surface area contributed by atoms with Crippen LogP contribution in [-0.4, -0.2) is 37.5 Å². The summed E-state index contributed by atoms with van der Waals surface area (Å²) in [5, 5.41) is 17.7. The van der Waals surface area contributed by atoms with Crippen LogP contribution < -0.4 is 14.2 Å². The zero-order chi connectivity index (χ0) is 16.5. The molecule has 0 saturated carbocycles. The zero-order valence-electron chi connectivity index (χ0n) is 11.7. The van der Waals surface area contributed by atoms with E-state index >= 15 is 0 Å². The molecule has 9 heteroatoms. The quantitative estimate of drug-likeness (QED) is 0.515. The second kappa shape index (κ2) is 5.95. The Morgan fingerprint density at radius 3 is 2.50 bits per heavy atom. The molecule has 1 heterocycles. The number of Topliss-reactive ketones (excluding diaryl/α,β-unsaturated/α-hetero) is 1. The van der Waals surface area contributed by atoms with Crippen molar-refractivity contribution >= 4 is 21.5 Å². The van der Waals surface area contributed by atoms with Crippen LogP contribution in [0.15, 0.2) is 23.6 Å². The maximum absolute atomic E-state index is 12.1. The van der Waals surface area contributed by atoms with Gasteiger partial charge in [0.2, 0.25) is 6.79 Å². The Bertz CT molecular complexity index is 724. The summed E-state index contributed by atoms with van der Waals surface area (Å²) in [6.07, 6.45) is -2.39. The van der Waals surface area contributed by atoms with E-state index in [0.29, 0.717) is 11.5 Å². The number of aliphatic hydroxyl groups excluding tert-OH is 1. The Balaban J connectivity index is 2.36. The van der Waals surface area contributed by atoms with Gasteiger partial charge in [0, 0.05) is 18.1 Å². The molecule has 1 aromatic carbocycles. The number of ether oxygens (including phenoxy) is 2. The van der Waals surface area contributed by atoms with E-state index in [2.05, 4.69) is 11.3 Å². The third-order valence-electron chi connectivity index (χ3n) is 2.93. The Morgan fingerprint density at radius 1 is 1.36 bits per heavy atom. The molecule has 1 aliphatic rings. The molecule has 0 amide bonds. The van der Waals surface area contributed by atoms with Crippen LogP contribution in [-0.2, 0) is 10.0 Å². The smallest absolute Gasteiger partial charge is 0.257 e. The predicted octanol–water partition coefficient (Wildman–Crippen LogP) is 0.574. The van der Waals surface area contributed by atoms with E-state index in [9.17, 15) is 13.2 Å². The van der Waals surface area contributed by atoms with Gasteiger partial charge >= 0.3 is 0 Å². The van der Waals surface area contributed by atoms with Crippen molar-refractivity contribution < 1.29 is 32.9 Å². The summed E-state index contributed by atoms with van der Waals surface area (Å²) in [6, 6.07) is 2.71. The highest BCUT2D eigenvalue weighted by Gasteiger charge is 2.24. The Hall–Kier alpha value is -2.10. The molecule has 0 bridgehead atoms. The lowest BCUT2D eigenvalue weighted by Crippen LogP contribution is -2.19. The molecule has 0 unspecified atom stereocenters. The second-order valence-corrected chi connectivity index (χ2v) is 6.42. The van der Waals surface area contributed by atoms with Gasteiger partial charge in [0.1, 0.15) is 0 Å². The highest BCUT2D eigenvalue weighted by Crippen LogP contribution is 2.38. The van der Waals surface area contributed by atoms with Gasteiger partial charge in [-0.15, -0.1) is 0 Å². The molecule has 2 rings (SSSR count). The minimum absolute atomic E-state index is 0.00493. The van der Waals surface area contributed by atoms with E-state index < -0.39 is 27.6 Å². The molecule has 0 aliphatic carbocycles. The predicted molar refractivity (Wildman–Crippen MR) is 77.1 cm³/mol. The topological polar surface area (TPSA) is 122 Å². The number of fused-ring (bicyclic) bond motifs is 1. The summed E-state index contributed by atoms with van der Waals surface area (Å²) in [4.78, 5) is 11.2. The van der Waals surface area contributed by atoms with Crippen LogP contribution >= 0.6 is 0 Å². The third kappa shape index (κ3) is 3.38. The normalized spacial score (nSPS) is 13.3. The molecule has 0 fully saturated rings. The number of carbonyl (C=O) groups is 1. The fourth-order valence-electron chi connectivity index (χ4n) is 1.85. The van der Waals surface area contributed by atoms with Crippen LogP contribution in [0.25, 0.3) is 0 Å². The number of carbonyl (C=O) groups excluding carboxylic acids is 1. The third-order valence-corrected chi connectivity index (χ3v) is 4.34. The van der Waals surface area contributed by atoms with Crippen LogP contribution in [0.1, 0.15) is 23.7 Å². The summed E-state index contributed by atoms with van der Waals surface area (Å²) in [5.74, 6) is 0.275. The van der Waals surface area contributed by atoms with Crippen LogP contribution in [0.3, 0.4) is 0 Å². The number of ketones is 1. The van der Waals surface area contributed by atoms with Gasteiger partial charge in [-0.2, -0.15) is 0 Å². The molecule has 22 heavy (non-hydrogen) atoms. The standard InChI is InChI=1S/C13H15NO7S/c1-7(3-13(16)17)22(18,19)14-10-5-12-11(20-6-21-12)4-9(10)8(2)15/h4-5,13-14,16-17H,1,3,6H2,2H3. The number of aliphatic hydroxyl groups is 2. The number of nitrogens with one attached hydrogen (secondary N) is 1. The van der Waals surface area contributed by atoms with Crippen LogP contribution in [0.2, 0.25) is 0 Å². The number of anilines is 1. The second-order valence-electron chi connectivity index (χ2n) is 4.64. The Kier molecular flexibility index (Phi) is 4.40. The largest absolute Gasteiger partial charge is 0.454 e. The molecule has 8 nitrogen and oxygen atoms in total. The maximum atomic E-state index is 12.1. The van der Waals surface area contributed by atoms with Crippen LogP contribution in [0.5, 0.6) is 11.5 Å². The Morgan fingerprint density at radius 2 is 1.95 bits per heavy atom.